The van der Waals surface area contributed by atoms with Crippen LogP contribution in [0, 0.1) is 12.8 Å². The van der Waals surface area contributed by atoms with E-state index in [1.54, 1.807) is 6.92 Å². The Kier molecular flexibility index (Phi) is 4.07. The molecule has 2 fully saturated rings. The molecule has 1 saturated heterocycles. The summed E-state index contributed by atoms with van der Waals surface area (Å²) in [7, 11) is 0. The van der Waals surface area contributed by atoms with Crippen molar-refractivity contribution < 1.29 is 19.1 Å². The zero-order valence-electron chi connectivity index (χ0n) is 17.2. The van der Waals surface area contributed by atoms with E-state index < -0.39 is 5.60 Å². The van der Waals surface area contributed by atoms with E-state index in [1.165, 1.54) is 0 Å². The standard InChI is InChI=1S/C24H23N3O4/c1-14-25-26-22(31-14)17-9-5-15(6-10-17)19-4-2-3-18-11-27(23(28)20(18)19)21(16-7-8-16)24(29)12-30-13-24/h2-6,9-10,16,21,29H,7-8,11-13H2,1H3/t21-/m0/s1. The molecule has 1 atom stereocenters. The number of hydrogen-bond donors (Lipinski definition) is 1. The first-order valence-electron chi connectivity index (χ1n) is 10.7. The van der Waals surface area contributed by atoms with Crippen molar-refractivity contribution in [2.45, 2.75) is 38.0 Å². The van der Waals surface area contributed by atoms with Crippen molar-refractivity contribution in [3.8, 4) is 22.6 Å². The van der Waals surface area contributed by atoms with Crippen molar-refractivity contribution in [3.05, 3.63) is 59.5 Å². The fourth-order valence-electron chi connectivity index (χ4n) is 4.93. The van der Waals surface area contributed by atoms with E-state index in [0.29, 0.717) is 37.5 Å². The number of carbonyl (C=O) groups excluding carboxylic acids is 1. The van der Waals surface area contributed by atoms with Crippen molar-refractivity contribution in [1.29, 1.82) is 0 Å². The summed E-state index contributed by atoms with van der Waals surface area (Å²) in [5, 5.41) is 19.0. The lowest BCUT2D eigenvalue weighted by molar-refractivity contribution is -0.211. The monoisotopic (exact) mass is 417 g/mol. The minimum Gasteiger partial charge on any atom is -0.421 e. The van der Waals surface area contributed by atoms with Crippen LogP contribution in [0.1, 0.15) is 34.7 Å². The molecule has 3 heterocycles. The highest BCUT2D eigenvalue weighted by Crippen LogP contribution is 2.46. The van der Waals surface area contributed by atoms with Gasteiger partial charge in [0.1, 0.15) is 5.60 Å². The molecule has 1 aromatic heterocycles. The Morgan fingerprint density at radius 2 is 1.84 bits per heavy atom. The molecule has 3 aliphatic rings. The zero-order valence-corrected chi connectivity index (χ0v) is 17.2. The van der Waals surface area contributed by atoms with Gasteiger partial charge in [-0.05, 0) is 47.6 Å². The first kappa shape index (κ1) is 18.7. The predicted molar refractivity (Wildman–Crippen MR) is 112 cm³/mol. The average molecular weight is 417 g/mol. The van der Waals surface area contributed by atoms with E-state index in [0.717, 1.165) is 40.7 Å². The van der Waals surface area contributed by atoms with Crippen molar-refractivity contribution in [2.24, 2.45) is 5.92 Å². The summed E-state index contributed by atoms with van der Waals surface area (Å²) in [6.45, 7) is 2.90. The summed E-state index contributed by atoms with van der Waals surface area (Å²) >= 11 is 0. The number of rotatable bonds is 5. The van der Waals surface area contributed by atoms with Crippen LogP contribution < -0.4 is 0 Å². The molecule has 2 aliphatic heterocycles. The van der Waals surface area contributed by atoms with Gasteiger partial charge in [-0.25, -0.2) is 0 Å². The third-order valence-corrected chi connectivity index (χ3v) is 6.59. The van der Waals surface area contributed by atoms with Crippen LogP contribution in [-0.4, -0.2) is 51.0 Å². The van der Waals surface area contributed by atoms with E-state index in [-0.39, 0.29) is 11.9 Å². The Morgan fingerprint density at radius 3 is 2.45 bits per heavy atom. The summed E-state index contributed by atoms with van der Waals surface area (Å²) in [5.74, 6) is 1.36. The van der Waals surface area contributed by atoms with Crippen molar-refractivity contribution in [2.75, 3.05) is 13.2 Å². The second kappa shape index (κ2) is 6.73. The van der Waals surface area contributed by atoms with Gasteiger partial charge in [0.05, 0.1) is 24.8 Å². The summed E-state index contributed by atoms with van der Waals surface area (Å²) in [6.07, 6.45) is 2.10. The largest absolute Gasteiger partial charge is 0.421 e. The molecule has 7 nitrogen and oxygen atoms in total. The molecule has 7 heteroatoms. The topological polar surface area (TPSA) is 88.7 Å². The first-order chi connectivity index (χ1) is 15.0. The molecule has 1 saturated carbocycles. The predicted octanol–water partition coefficient (Wildman–Crippen LogP) is 3.21. The van der Waals surface area contributed by atoms with Gasteiger partial charge < -0.3 is 19.2 Å². The molecule has 0 bridgehead atoms. The van der Waals surface area contributed by atoms with Crippen molar-refractivity contribution in [3.63, 3.8) is 0 Å². The lowest BCUT2D eigenvalue weighted by atomic mass is 9.87. The van der Waals surface area contributed by atoms with Crippen LogP contribution >= 0.6 is 0 Å². The van der Waals surface area contributed by atoms with E-state index in [1.807, 2.05) is 47.4 Å². The van der Waals surface area contributed by atoms with Gasteiger partial charge >= 0.3 is 0 Å². The Morgan fingerprint density at radius 1 is 1.10 bits per heavy atom. The molecule has 31 heavy (non-hydrogen) atoms. The number of aryl methyl sites for hydroxylation is 1. The van der Waals surface area contributed by atoms with E-state index >= 15 is 0 Å². The van der Waals surface area contributed by atoms with E-state index in [9.17, 15) is 9.90 Å². The molecule has 1 N–H and O–H groups in total. The van der Waals surface area contributed by atoms with Crippen LogP contribution in [0.2, 0.25) is 0 Å². The van der Waals surface area contributed by atoms with Crippen LogP contribution in [0.25, 0.3) is 22.6 Å². The third kappa shape index (κ3) is 2.99. The SMILES string of the molecule is Cc1nnc(-c2ccc(-c3cccc4c3C(=O)N([C@@H](C3CC3)C3(O)COC3)C4)cc2)o1. The van der Waals surface area contributed by atoms with Gasteiger partial charge in [-0.2, -0.15) is 0 Å². The molecule has 6 rings (SSSR count). The van der Waals surface area contributed by atoms with Crippen LogP contribution in [-0.2, 0) is 11.3 Å². The number of nitrogens with zero attached hydrogens (tertiary/aromatic N) is 3. The number of amides is 1. The van der Waals surface area contributed by atoms with Crippen molar-refractivity contribution in [1.82, 2.24) is 15.1 Å². The van der Waals surface area contributed by atoms with E-state index in [2.05, 4.69) is 10.2 Å². The maximum Gasteiger partial charge on any atom is 0.255 e. The van der Waals surface area contributed by atoms with Crippen LogP contribution in [0.3, 0.4) is 0 Å². The summed E-state index contributed by atoms with van der Waals surface area (Å²) < 4.78 is 10.8. The van der Waals surface area contributed by atoms with Crippen LogP contribution in [0.15, 0.2) is 46.9 Å². The molecule has 3 aromatic rings. The van der Waals surface area contributed by atoms with Gasteiger partial charge in [-0.15, -0.1) is 10.2 Å². The van der Waals surface area contributed by atoms with E-state index in [4.69, 9.17) is 9.15 Å². The fourth-order valence-corrected chi connectivity index (χ4v) is 4.93. The quantitative estimate of drug-likeness (QED) is 0.686. The molecule has 2 aromatic carbocycles. The Labute approximate surface area is 179 Å². The highest BCUT2D eigenvalue weighted by atomic mass is 16.5. The highest BCUT2D eigenvalue weighted by Gasteiger charge is 2.55. The molecular weight excluding hydrogens is 394 g/mol. The molecule has 0 unspecified atom stereocenters. The maximum atomic E-state index is 13.6. The third-order valence-electron chi connectivity index (χ3n) is 6.59. The molecular formula is C24H23N3O4. The Hall–Kier alpha value is -3.03. The number of ether oxygens (including phenoxy) is 1. The van der Waals surface area contributed by atoms with Gasteiger partial charge in [0.25, 0.3) is 5.91 Å². The Bertz CT molecular complexity index is 1160. The number of aliphatic hydroxyl groups is 1. The first-order valence-corrected chi connectivity index (χ1v) is 10.7. The second-order valence-corrected chi connectivity index (χ2v) is 8.85. The smallest absolute Gasteiger partial charge is 0.255 e. The van der Waals surface area contributed by atoms with Gasteiger partial charge in [-0.3, -0.25) is 4.79 Å². The fraction of sp³-hybridized carbons (Fsp3) is 0.375. The number of fused-ring (bicyclic) bond motifs is 1. The Balaban J connectivity index is 1.34. The normalized spacial score (nSPS) is 20.5. The second-order valence-electron chi connectivity index (χ2n) is 8.85. The molecule has 0 radical (unpaired) electrons. The van der Waals surface area contributed by atoms with Crippen LogP contribution in [0.4, 0.5) is 0 Å². The van der Waals surface area contributed by atoms with Gasteiger partial charge in [0.15, 0.2) is 0 Å². The number of aromatic nitrogens is 2. The summed E-state index contributed by atoms with van der Waals surface area (Å²) in [6, 6.07) is 13.6. The molecule has 1 amide bonds. The van der Waals surface area contributed by atoms with Crippen molar-refractivity contribution >= 4 is 5.91 Å². The van der Waals surface area contributed by atoms with Gasteiger partial charge in [0, 0.05) is 19.0 Å². The van der Waals surface area contributed by atoms with Gasteiger partial charge in [-0.1, -0.05) is 30.3 Å². The minimum atomic E-state index is -0.928. The highest BCUT2D eigenvalue weighted by molar-refractivity contribution is 6.04. The number of benzene rings is 2. The summed E-state index contributed by atoms with van der Waals surface area (Å²) in [5.41, 5.74) is 3.52. The van der Waals surface area contributed by atoms with Gasteiger partial charge in [0.2, 0.25) is 11.8 Å². The maximum absolute atomic E-state index is 13.6. The van der Waals surface area contributed by atoms with Crippen LogP contribution in [0.5, 0.6) is 0 Å². The number of hydrogen-bond acceptors (Lipinski definition) is 6. The lowest BCUT2D eigenvalue weighted by Gasteiger charge is -2.46. The lowest BCUT2D eigenvalue weighted by Crippen LogP contribution is -2.64. The molecule has 0 spiro atoms. The minimum absolute atomic E-state index is 0.000530. The molecule has 1 aliphatic carbocycles. The zero-order chi connectivity index (χ0) is 21.2. The average Bonchev–Trinajstić information content (AvgIpc) is 3.41. The molecule has 158 valence electrons. The summed E-state index contributed by atoms with van der Waals surface area (Å²) in [4.78, 5) is 15.5. The number of carbonyl (C=O) groups is 1.